The van der Waals surface area contributed by atoms with Crippen LogP contribution in [0.5, 0.6) is 0 Å². The Labute approximate surface area is 96.7 Å². The van der Waals surface area contributed by atoms with Gasteiger partial charge in [-0.1, -0.05) is 36.4 Å². The predicted octanol–water partition coefficient (Wildman–Crippen LogP) is 3.00. The molecule has 0 amide bonds. The highest BCUT2D eigenvalue weighted by molar-refractivity contribution is 9.10. The van der Waals surface area contributed by atoms with Crippen LogP contribution in [0.2, 0.25) is 0 Å². The zero-order valence-corrected chi connectivity index (χ0v) is 9.61. The van der Waals surface area contributed by atoms with Crippen LogP contribution in [0.1, 0.15) is 12.0 Å². The quantitative estimate of drug-likeness (QED) is 0.768. The SMILES string of the molecule is OC1=C(c2ccccc2)[C@](O)(Br)CC=C1. The fourth-order valence-electron chi connectivity index (χ4n) is 1.68. The van der Waals surface area contributed by atoms with E-state index in [-0.39, 0.29) is 5.76 Å². The van der Waals surface area contributed by atoms with Gasteiger partial charge in [-0.05, 0) is 27.6 Å². The number of rotatable bonds is 1. The molecule has 0 fully saturated rings. The summed E-state index contributed by atoms with van der Waals surface area (Å²) in [6.07, 6.45) is 3.79. The molecule has 15 heavy (non-hydrogen) atoms. The highest BCUT2D eigenvalue weighted by Crippen LogP contribution is 2.40. The lowest BCUT2D eigenvalue weighted by molar-refractivity contribution is 0.202. The average molecular weight is 267 g/mol. The third kappa shape index (κ3) is 1.98. The van der Waals surface area contributed by atoms with Gasteiger partial charge in [0.1, 0.15) is 5.76 Å². The van der Waals surface area contributed by atoms with Crippen LogP contribution >= 0.6 is 15.9 Å². The normalized spacial score (nSPS) is 25.7. The summed E-state index contributed by atoms with van der Waals surface area (Å²) in [5.74, 6) is 0.104. The summed E-state index contributed by atoms with van der Waals surface area (Å²) in [5, 5.41) is 19.9. The highest BCUT2D eigenvalue weighted by atomic mass is 79.9. The van der Waals surface area contributed by atoms with Crippen LogP contribution in [-0.2, 0) is 0 Å². The van der Waals surface area contributed by atoms with Gasteiger partial charge in [0.25, 0.3) is 0 Å². The smallest absolute Gasteiger partial charge is 0.152 e. The average Bonchev–Trinajstić information content (AvgIpc) is 2.17. The molecule has 2 rings (SSSR count). The van der Waals surface area contributed by atoms with E-state index in [4.69, 9.17) is 0 Å². The molecule has 1 atom stereocenters. The summed E-state index contributed by atoms with van der Waals surface area (Å²) in [4.78, 5) is 0. The number of hydrogen-bond donors (Lipinski definition) is 2. The van der Waals surface area contributed by atoms with Gasteiger partial charge in [-0.25, -0.2) is 0 Å². The van der Waals surface area contributed by atoms with E-state index >= 15 is 0 Å². The number of aliphatic hydroxyl groups excluding tert-OH is 1. The lowest BCUT2D eigenvalue weighted by atomic mass is 9.93. The molecule has 3 heteroatoms. The minimum Gasteiger partial charge on any atom is -0.508 e. The maximum Gasteiger partial charge on any atom is 0.152 e. The van der Waals surface area contributed by atoms with Crippen molar-refractivity contribution >= 4 is 21.5 Å². The van der Waals surface area contributed by atoms with Crippen LogP contribution in [0, 0.1) is 0 Å². The zero-order chi connectivity index (χ0) is 10.9. The fourth-order valence-corrected chi connectivity index (χ4v) is 2.30. The third-order valence-electron chi connectivity index (χ3n) is 2.37. The monoisotopic (exact) mass is 266 g/mol. The van der Waals surface area contributed by atoms with Gasteiger partial charge in [0.05, 0.1) is 0 Å². The standard InChI is InChI=1S/C12H11BrO2/c13-12(15)8-4-7-10(14)11(12)9-5-2-1-3-6-9/h1-7,14-15H,8H2/t12-/m0/s1. The van der Waals surface area contributed by atoms with E-state index in [1.165, 1.54) is 0 Å². The van der Waals surface area contributed by atoms with E-state index in [1.54, 1.807) is 12.2 Å². The summed E-state index contributed by atoms with van der Waals surface area (Å²) in [6, 6.07) is 9.36. The van der Waals surface area contributed by atoms with Gasteiger partial charge < -0.3 is 10.2 Å². The van der Waals surface area contributed by atoms with Crippen LogP contribution in [0.25, 0.3) is 5.57 Å². The second-order valence-electron chi connectivity index (χ2n) is 3.49. The van der Waals surface area contributed by atoms with Crippen molar-refractivity contribution in [3.8, 4) is 0 Å². The van der Waals surface area contributed by atoms with Crippen molar-refractivity contribution in [2.75, 3.05) is 0 Å². The van der Waals surface area contributed by atoms with Crippen LogP contribution in [-0.4, -0.2) is 14.7 Å². The maximum absolute atomic E-state index is 10.1. The van der Waals surface area contributed by atoms with Crippen molar-refractivity contribution in [3.63, 3.8) is 0 Å². The summed E-state index contributed by atoms with van der Waals surface area (Å²) in [5.41, 5.74) is 1.34. The summed E-state index contributed by atoms with van der Waals surface area (Å²) < 4.78 is -1.17. The van der Waals surface area contributed by atoms with E-state index in [1.807, 2.05) is 30.3 Å². The number of hydrogen-bond acceptors (Lipinski definition) is 2. The number of allylic oxidation sites excluding steroid dienone is 1. The first-order chi connectivity index (χ1) is 7.11. The van der Waals surface area contributed by atoms with Gasteiger partial charge in [-0.3, -0.25) is 0 Å². The Morgan fingerprint density at radius 3 is 2.47 bits per heavy atom. The summed E-state index contributed by atoms with van der Waals surface area (Å²) in [7, 11) is 0. The number of aliphatic hydroxyl groups is 2. The van der Waals surface area contributed by atoms with Gasteiger partial charge in [0.15, 0.2) is 4.51 Å². The van der Waals surface area contributed by atoms with Gasteiger partial charge in [0.2, 0.25) is 0 Å². The summed E-state index contributed by atoms with van der Waals surface area (Å²) in [6.45, 7) is 0. The second-order valence-corrected chi connectivity index (χ2v) is 4.80. The second kappa shape index (κ2) is 3.83. The molecule has 78 valence electrons. The molecule has 0 radical (unpaired) electrons. The topological polar surface area (TPSA) is 40.5 Å². The van der Waals surface area contributed by atoms with E-state index in [0.29, 0.717) is 12.0 Å². The Morgan fingerprint density at radius 2 is 1.87 bits per heavy atom. The van der Waals surface area contributed by atoms with Crippen molar-refractivity contribution in [2.24, 2.45) is 0 Å². The van der Waals surface area contributed by atoms with Gasteiger partial charge in [-0.15, -0.1) is 0 Å². The van der Waals surface area contributed by atoms with Gasteiger partial charge in [0, 0.05) is 12.0 Å². The van der Waals surface area contributed by atoms with Crippen molar-refractivity contribution in [2.45, 2.75) is 10.9 Å². The molecule has 0 bridgehead atoms. The van der Waals surface area contributed by atoms with Crippen molar-refractivity contribution in [1.29, 1.82) is 0 Å². The Hall–Kier alpha value is -1.06. The number of benzene rings is 1. The first kappa shape index (κ1) is 10.5. The van der Waals surface area contributed by atoms with Crippen LogP contribution in [0.15, 0.2) is 48.2 Å². The van der Waals surface area contributed by atoms with E-state index in [9.17, 15) is 10.2 Å². The molecule has 0 saturated heterocycles. The van der Waals surface area contributed by atoms with Crippen LogP contribution in [0.3, 0.4) is 0 Å². The minimum atomic E-state index is -1.17. The first-order valence-corrected chi connectivity index (χ1v) is 5.47. The molecule has 0 aromatic heterocycles. The Bertz CT molecular complexity index is 419. The number of alkyl halides is 1. The molecule has 1 aliphatic carbocycles. The molecule has 0 aliphatic heterocycles. The van der Waals surface area contributed by atoms with Crippen LogP contribution in [0.4, 0.5) is 0 Å². The van der Waals surface area contributed by atoms with Crippen molar-refractivity contribution in [1.82, 2.24) is 0 Å². The van der Waals surface area contributed by atoms with Gasteiger partial charge >= 0.3 is 0 Å². The van der Waals surface area contributed by atoms with E-state index < -0.39 is 4.51 Å². The Morgan fingerprint density at radius 1 is 1.20 bits per heavy atom. The largest absolute Gasteiger partial charge is 0.508 e. The molecule has 0 heterocycles. The molecule has 1 aromatic rings. The summed E-state index contributed by atoms with van der Waals surface area (Å²) >= 11 is 3.22. The van der Waals surface area contributed by atoms with E-state index in [2.05, 4.69) is 15.9 Å². The molecule has 1 aliphatic rings. The van der Waals surface area contributed by atoms with Crippen molar-refractivity contribution in [3.05, 3.63) is 53.8 Å². The molecule has 0 saturated carbocycles. The molecule has 0 spiro atoms. The lowest BCUT2D eigenvalue weighted by Gasteiger charge is -2.27. The highest BCUT2D eigenvalue weighted by Gasteiger charge is 2.32. The van der Waals surface area contributed by atoms with Crippen molar-refractivity contribution < 1.29 is 10.2 Å². The first-order valence-electron chi connectivity index (χ1n) is 4.68. The molecular formula is C12H11BrO2. The molecule has 2 nitrogen and oxygen atoms in total. The fraction of sp³-hybridized carbons (Fsp3) is 0.167. The Balaban J connectivity index is 2.54. The van der Waals surface area contributed by atoms with Gasteiger partial charge in [-0.2, -0.15) is 0 Å². The molecular weight excluding hydrogens is 256 g/mol. The van der Waals surface area contributed by atoms with Crippen LogP contribution < -0.4 is 0 Å². The zero-order valence-electron chi connectivity index (χ0n) is 8.02. The lowest BCUT2D eigenvalue weighted by Crippen LogP contribution is -2.24. The maximum atomic E-state index is 10.1. The number of halogens is 1. The molecule has 2 N–H and O–H groups in total. The predicted molar refractivity (Wildman–Crippen MR) is 63.6 cm³/mol. The minimum absolute atomic E-state index is 0.104. The Kier molecular flexibility index (Phi) is 2.67. The van der Waals surface area contributed by atoms with E-state index in [0.717, 1.165) is 5.56 Å². The molecule has 0 unspecified atom stereocenters. The molecule has 1 aromatic carbocycles. The third-order valence-corrected chi connectivity index (χ3v) is 3.09.